The van der Waals surface area contributed by atoms with Crippen LogP contribution < -0.4 is 0 Å². The van der Waals surface area contributed by atoms with Gasteiger partial charge in [-0.05, 0) is 18.8 Å². The average molecular weight is 378 g/mol. The van der Waals surface area contributed by atoms with Crippen LogP contribution in [0.2, 0.25) is 0 Å². The van der Waals surface area contributed by atoms with E-state index in [9.17, 15) is 9.59 Å². The van der Waals surface area contributed by atoms with Crippen molar-refractivity contribution >= 4 is 23.7 Å². The fraction of sp³-hybridized carbons (Fsp3) is 0.895. The van der Waals surface area contributed by atoms with Crippen LogP contribution in [-0.2, 0) is 14.3 Å². The minimum atomic E-state index is -0.631. The second kappa shape index (κ2) is 15.3. The molecule has 0 fully saturated rings. The van der Waals surface area contributed by atoms with Crippen molar-refractivity contribution in [3.8, 4) is 0 Å². The number of hydrogen-bond donors (Lipinski definition) is 0. The maximum absolute atomic E-state index is 12.3. The molecule has 1 atom stereocenters. The first-order chi connectivity index (χ1) is 12.0. The number of carbonyl (C=O) groups is 2. The van der Waals surface area contributed by atoms with E-state index in [0.717, 1.165) is 12.8 Å². The van der Waals surface area contributed by atoms with Gasteiger partial charge in [-0.15, -0.1) is 11.6 Å². The molecule has 148 valence electrons. The second-order valence-electron chi connectivity index (χ2n) is 6.75. The van der Waals surface area contributed by atoms with Gasteiger partial charge in [-0.2, -0.15) is 0 Å². The second-order valence-corrected chi connectivity index (χ2v) is 7.12. The quantitative estimate of drug-likeness (QED) is 0.243. The van der Waals surface area contributed by atoms with Crippen molar-refractivity contribution in [3.63, 3.8) is 0 Å². The highest BCUT2D eigenvalue weighted by atomic mass is 35.5. The molecular weight excluding hydrogens is 342 g/mol. The van der Waals surface area contributed by atoms with Gasteiger partial charge in [0.2, 0.25) is 0 Å². The third kappa shape index (κ3) is 11.3. The number of nitrogens with zero attached hydrogens (tertiary/aromatic N) is 1. The van der Waals surface area contributed by atoms with Crippen LogP contribution in [0.25, 0.3) is 0 Å². The highest BCUT2D eigenvalue weighted by molar-refractivity contribution is 6.17. The van der Waals surface area contributed by atoms with Gasteiger partial charge in [0.05, 0.1) is 13.2 Å². The highest BCUT2D eigenvalue weighted by Crippen LogP contribution is 2.14. The Labute approximate surface area is 158 Å². The minimum absolute atomic E-state index is 0.0490. The van der Waals surface area contributed by atoms with Crippen LogP contribution >= 0.6 is 11.6 Å². The molecule has 0 aliphatic carbocycles. The molecular formula is C19H36ClNO4. The minimum Gasteiger partial charge on any atom is -0.464 e. The molecule has 0 N–H and O–H groups in total. The van der Waals surface area contributed by atoms with E-state index in [4.69, 9.17) is 21.1 Å². The molecule has 0 bridgehead atoms. The zero-order chi connectivity index (χ0) is 19.1. The molecule has 0 aliphatic heterocycles. The topological polar surface area (TPSA) is 55.8 Å². The van der Waals surface area contributed by atoms with Crippen molar-refractivity contribution in [2.24, 2.45) is 5.92 Å². The largest absolute Gasteiger partial charge is 0.464 e. The summed E-state index contributed by atoms with van der Waals surface area (Å²) in [7, 11) is 1.57. The van der Waals surface area contributed by atoms with E-state index in [0.29, 0.717) is 18.9 Å². The van der Waals surface area contributed by atoms with E-state index < -0.39 is 12.1 Å². The number of likely N-dealkylation sites (N-methyl/N-ethyl adjacent to an activating group) is 1. The van der Waals surface area contributed by atoms with E-state index in [-0.39, 0.29) is 18.5 Å². The first-order valence-corrected chi connectivity index (χ1v) is 10.1. The number of amides is 1. The molecule has 0 radical (unpaired) electrons. The Kier molecular flexibility index (Phi) is 14.7. The Balaban J connectivity index is 4.16. The first kappa shape index (κ1) is 24.0. The van der Waals surface area contributed by atoms with E-state index in [1.807, 2.05) is 13.8 Å². The molecule has 0 aromatic rings. The number of hydrogen-bond acceptors (Lipinski definition) is 4. The van der Waals surface area contributed by atoms with E-state index in [1.54, 1.807) is 7.05 Å². The van der Waals surface area contributed by atoms with Crippen LogP contribution in [0.1, 0.15) is 72.1 Å². The molecule has 0 saturated heterocycles. The fourth-order valence-corrected chi connectivity index (χ4v) is 2.73. The monoisotopic (exact) mass is 377 g/mol. The Bertz CT molecular complexity index is 363. The summed E-state index contributed by atoms with van der Waals surface area (Å²) in [5.41, 5.74) is 0. The van der Waals surface area contributed by atoms with Crippen molar-refractivity contribution in [2.75, 3.05) is 26.1 Å². The third-order valence-electron chi connectivity index (χ3n) is 4.07. The van der Waals surface area contributed by atoms with Gasteiger partial charge in [0, 0.05) is 12.9 Å². The molecule has 25 heavy (non-hydrogen) atoms. The van der Waals surface area contributed by atoms with Gasteiger partial charge in [0.1, 0.15) is 6.04 Å². The molecule has 0 aromatic carbocycles. The molecule has 1 amide bonds. The van der Waals surface area contributed by atoms with Crippen molar-refractivity contribution < 1.29 is 19.1 Å². The predicted molar refractivity (Wildman–Crippen MR) is 102 cm³/mol. The number of halogens is 1. The number of ether oxygens (including phenoxy) is 2. The fourth-order valence-electron chi connectivity index (χ4n) is 2.62. The summed E-state index contributed by atoms with van der Waals surface area (Å²) in [6.45, 7) is 6.65. The smallest absolute Gasteiger partial charge is 0.410 e. The predicted octanol–water partition coefficient (Wildman–Crippen LogP) is 5.00. The van der Waals surface area contributed by atoms with Gasteiger partial charge in [-0.3, -0.25) is 4.90 Å². The van der Waals surface area contributed by atoms with Gasteiger partial charge in [-0.25, -0.2) is 9.59 Å². The van der Waals surface area contributed by atoms with Crippen molar-refractivity contribution in [3.05, 3.63) is 0 Å². The lowest BCUT2D eigenvalue weighted by Crippen LogP contribution is -2.47. The maximum Gasteiger partial charge on any atom is 0.410 e. The van der Waals surface area contributed by atoms with Gasteiger partial charge in [0.25, 0.3) is 0 Å². The lowest BCUT2D eigenvalue weighted by molar-refractivity contribution is -0.150. The zero-order valence-corrected chi connectivity index (χ0v) is 17.1. The number of unbranched alkanes of at least 4 members (excludes halogenated alkanes) is 6. The Morgan fingerprint density at radius 2 is 1.48 bits per heavy atom. The van der Waals surface area contributed by atoms with Crippen molar-refractivity contribution in [2.45, 2.75) is 78.2 Å². The molecule has 5 nitrogen and oxygen atoms in total. The number of alkyl halides is 1. The zero-order valence-electron chi connectivity index (χ0n) is 16.4. The Hall–Kier alpha value is -0.970. The van der Waals surface area contributed by atoms with Crippen LogP contribution in [0.4, 0.5) is 4.79 Å². The van der Waals surface area contributed by atoms with E-state index >= 15 is 0 Å². The molecule has 1 unspecified atom stereocenters. The number of esters is 1. The molecule has 6 heteroatoms. The van der Waals surface area contributed by atoms with Gasteiger partial charge in [-0.1, -0.05) is 59.3 Å². The Morgan fingerprint density at radius 1 is 0.920 bits per heavy atom. The summed E-state index contributed by atoms with van der Waals surface area (Å²) in [6.07, 6.45) is 8.25. The van der Waals surface area contributed by atoms with Crippen LogP contribution in [0.15, 0.2) is 0 Å². The van der Waals surface area contributed by atoms with Crippen LogP contribution in [0.5, 0.6) is 0 Å². The normalized spacial score (nSPS) is 12.1. The molecule has 0 heterocycles. The van der Waals surface area contributed by atoms with Gasteiger partial charge in [0.15, 0.2) is 0 Å². The van der Waals surface area contributed by atoms with Gasteiger partial charge < -0.3 is 9.47 Å². The molecule has 0 aromatic heterocycles. The lowest BCUT2D eigenvalue weighted by Gasteiger charge is -2.28. The van der Waals surface area contributed by atoms with E-state index in [2.05, 4.69) is 6.92 Å². The molecule has 0 saturated carbocycles. The molecule has 0 spiro atoms. The maximum atomic E-state index is 12.3. The lowest BCUT2D eigenvalue weighted by atomic mass is 10.0. The van der Waals surface area contributed by atoms with Crippen molar-refractivity contribution in [1.29, 1.82) is 0 Å². The summed E-state index contributed by atoms with van der Waals surface area (Å²) >= 11 is 5.57. The summed E-state index contributed by atoms with van der Waals surface area (Å²) in [4.78, 5) is 25.7. The van der Waals surface area contributed by atoms with Gasteiger partial charge >= 0.3 is 12.1 Å². The van der Waals surface area contributed by atoms with Crippen LogP contribution in [0, 0.1) is 5.92 Å². The summed E-state index contributed by atoms with van der Waals surface area (Å²) < 4.78 is 10.5. The van der Waals surface area contributed by atoms with Crippen LogP contribution in [-0.4, -0.2) is 49.1 Å². The van der Waals surface area contributed by atoms with E-state index in [1.165, 1.54) is 37.0 Å². The number of rotatable bonds is 14. The Morgan fingerprint density at radius 3 is 2.04 bits per heavy atom. The summed E-state index contributed by atoms with van der Waals surface area (Å²) in [6, 6.07) is -0.631. The summed E-state index contributed by atoms with van der Waals surface area (Å²) in [5.74, 6) is 0.0235. The highest BCUT2D eigenvalue weighted by Gasteiger charge is 2.32. The summed E-state index contributed by atoms with van der Waals surface area (Å²) in [5, 5.41) is 0. The van der Waals surface area contributed by atoms with Crippen molar-refractivity contribution in [1.82, 2.24) is 4.90 Å². The number of carbonyl (C=O) groups excluding carboxylic acids is 2. The average Bonchev–Trinajstić information content (AvgIpc) is 2.57. The standard InChI is InChI=1S/C19H36ClNO4/c1-5-6-7-8-9-10-11-14-24-18(22)17(16(2)3)21(4)19(23)25-15-12-13-20/h16-17H,5-15H2,1-4H3. The third-order valence-corrected chi connectivity index (χ3v) is 4.34. The first-order valence-electron chi connectivity index (χ1n) is 9.57. The molecule has 0 aliphatic rings. The molecule has 0 rings (SSSR count). The van der Waals surface area contributed by atoms with Crippen LogP contribution in [0.3, 0.4) is 0 Å². The SMILES string of the molecule is CCCCCCCCCOC(=O)C(C(C)C)N(C)C(=O)OCCCCl.